The molecule has 7 heteroatoms. The number of anilines is 2. The molecule has 0 radical (unpaired) electrons. The average molecular weight is 329 g/mol. The quantitative estimate of drug-likeness (QED) is 0.713. The molecule has 124 valence electrons. The van der Waals surface area contributed by atoms with E-state index in [2.05, 4.69) is 4.98 Å². The maximum absolute atomic E-state index is 14.0. The molecule has 1 heterocycles. The molecule has 0 fully saturated rings. The van der Waals surface area contributed by atoms with Crippen LogP contribution in [0, 0.1) is 5.82 Å². The summed E-state index contributed by atoms with van der Waals surface area (Å²) in [5.74, 6) is 1.06. The lowest BCUT2D eigenvalue weighted by Crippen LogP contribution is -1.97. The fourth-order valence-electron chi connectivity index (χ4n) is 2.34. The van der Waals surface area contributed by atoms with E-state index >= 15 is 0 Å². The van der Waals surface area contributed by atoms with Crippen molar-refractivity contribution in [2.45, 2.75) is 0 Å². The molecule has 0 bridgehead atoms. The van der Waals surface area contributed by atoms with Crippen LogP contribution >= 0.6 is 0 Å². The Hall–Kier alpha value is -3.22. The summed E-state index contributed by atoms with van der Waals surface area (Å²) in [7, 11) is 3.05. The van der Waals surface area contributed by atoms with Crippen LogP contribution < -0.4 is 25.7 Å². The number of halogens is 1. The fraction of sp³-hybridized carbons (Fsp3) is 0.118. The Morgan fingerprint density at radius 2 is 1.58 bits per heavy atom. The molecule has 0 unspecified atom stereocenters. The first-order chi connectivity index (χ1) is 11.5. The van der Waals surface area contributed by atoms with E-state index in [0.717, 1.165) is 0 Å². The Kier molecular flexibility index (Phi) is 3.99. The van der Waals surface area contributed by atoms with Crippen LogP contribution in [0.5, 0.6) is 23.0 Å². The van der Waals surface area contributed by atoms with Crippen molar-refractivity contribution in [1.82, 2.24) is 4.98 Å². The van der Waals surface area contributed by atoms with Crippen molar-refractivity contribution in [2.24, 2.45) is 0 Å². The second-order valence-corrected chi connectivity index (χ2v) is 5.06. The highest BCUT2D eigenvalue weighted by Gasteiger charge is 2.14. The molecule has 0 aliphatic heterocycles. The Bertz CT molecular complexity index is 915. The van der Waals surface area contributed by atoms with E-state index < -0.39 is 5.82 Å². The predicted molar refractivity (Wildman–Crippen MR) is 90.1 cm³/mol. The summed E-state index contributed by atoms with van der Waals surface area (Å²) in [6, 6.07) is 9.08. The molecule has 0 amide bonds. The van der Waals surface area contributed by atoms with Crippen molar-refractivity contribution < 1.29 is 18.6 Å². The van der Waals surface area contributed by atoms with Gasteiger partial charge in [-0.2, -0.15) is 0 Å². The van der Waals surface area contributed by atoms with Crippen molar-refractivity contribution >= 4 is 22.4 Å². The highest BCUT2D eigenvalue weighted by atomic mass is 19.1. The van der Waals surface area contributed by atoms with Gasteiger partial charge in [0.05, 0.1) is 19.7 Å². The summed E-state index contributed by atoms with van der Waals surface area (Å²) < 4.78 is 30.2. The number of aromatic nitrogens is 1. The summed E-state index contributed by atoms with van der Waals surface area (Å²) in [4.78, 5) is 4.25. The molecule has 3 rings (SSSR count). The van der Waals surface area contributed by atoms with Gasteiger partial charge in [0.15, 0.2) is 23.1 Å². The zero-order valence-corrected chi connectivity index (χ0v) is 13.2. The second kappa shape index (κ2) is 6.11. The molecule has 6 nitrogen and oxygen atoms in total. The zero-order chi connectivity index (χ0) is 17.3. The highest BCUT2D eigenvalue weighted by Crippen LogP contribution is 2.38. The van der Waals surface area contributed by atoms with E-state index in [0.29, 0.717) is 33.8 Å². The Balaban J connectivity index is 2.15. The SMILES string of the molecule is COc1cc2nc(N)cc(Oc3ccc(N)cc3F)c2cc1OC. The smallest absolute Gasteiger partial charge is 0.167 e. The third kappa shape index (κ3) is 2.83. The maximum Gasteiger partial charge on any atom is 0.167 e. The van der Waals surface area contributed by atoms with Crippen molar-refractivity contribution in [1.29, 1.82) is 0 Å². The third-order valence-electron chi connectivity index (χ3n) is 3.47. The molecule has 0 spiro atoms. The van der Waals surface area contributed by atoms with Gasteiger partial charge in [-0.25, -0.2) is 9.37 Å². The Morgan fingerprint density at radius 1 is 0.875 bits per heavy atom. The number of rotatable bonds is 4. The number of benzene rings is 2. The van der Waals surface area contributed by atoms with Gasteiger partial charge in [-0.15, -0.1) is 0 Å². The molecule has 0 saturated carbocycles. The number of hydrogen-bond acceptors (Lipinski definition) is 6. The molecule has 2 aromatic carbocycles. The summed E-state index contributed by atoms with van der Waals surface area (Å²) in [5.41, 5.74) is 12.2. The number of nitrogens with two attached hydrogens (primary N) is 2. The number of nitrogens with zero attached hydrogens (tertiary/aromatic N) is 1. The van der Waals surface area contributed by atoms with E-state index in [9.17, 15) is 4.39 Å². The lowest BCUT2D eigenvalue weighted by Gasteiger charge is -2.13. The van der Waals surface area contributed by atoms with Crippen LogP contribution in [0.2, 0.25) is 0 Å². The Labute approximate surface area is 137 Å². The molecule has 0 saturated heterocycles. The number of nitrogen functional groups attached to an aromatic ring is 2. The van der Waals surface area contributed by atoms with Gasteiger partial charge < -0.3 is 25.7 Å². The van der Waals surface area contributed by atoms with E-state index in [4.69, 9.17) is 25.7 Å². The van der Waals surface area contributed by atoms with Gasteiger partial charge in [0.25, 0.3) is 0 Å². The predicted octanol–water partition coefficient (Wildman–Crippen LogP) is 3.35. The van der Waals surface area contributed by atoms with E-state index in [-0.39, 0.29) is 11.6 Å². The summed E-state index contributed by atoms with van der Waals surface area (Å²) in [6.45, 7) is 0. The zero-order valence-electron chi connectivity index (χ0n) is 13.2. The average Bonchev–Trinajstić information content (AvgIpc) is 2.56. The topological polar surface area (TPSA) is 92.6 Å². The van der Waals surface area contributed by atoms with Gasteiger partial charge in [0, 0.05) is 29.3 Å². The van der Waals surface area contributed by atoms with Gasteiger partial charge in [-0.05, 0) is 18.2 Å². The van der Waals surface area contributed by atoms with Crippen LogP contribution in [0.4, 0.5) is 15.9 Å². The molecule has 4 N–H and O–H groups in total. The first kappa shape index (κ1) is 15.7. The van der Waals surface area contributed by atoms with E-state index in [1.165, 1.54) is 32.4 Å². The van der Waals surface area contributed by atoms with Gasteiger partial charge in [0.1, 0.15) is 11.6 Å². The number of fused-ring (bicyclic) bond motifs is 1. The molecule has 1 aromatic heterocycles. The van der Waals surface area contributed by atoms with Gasteiger partial charge in [-0.3, -0.25) is 0 Å². The van der Waals surface area contributed by atoms with Crippen molar-refractivity contribution in [3.05, 3.63) is 42.2 Å². The summed E-state index contributed by atoms with van der Waals surface area (Å²) >= 11 is 0. The second-order valence-electron chi connectivity index (χ2n) is 5.06. The molecule has 24 heavy (non-hydrogen) atoms. The van der Waals surface area contributed by atoms with Crippen molar-refractivity contribution in [2.75, 3.05) is 25.7 Å². The monoisotopic (exact) mass is 329 g/mol. The molecular weight excluding hydrogens is 313 g/mol. The van der Waals surface area contributed by atoms with Crippen molar-refractivity contribution in [3.63, 3.8) is 0 Å². The lowest BCUT2D eigenvalue weighted by molar-refractivity contribution is 0.355. The molecule has 0 aliphatic carbocycles. The normalized spacial score (nSPS) is 10.6. The van der Waals surface area contributed by atoms with Crippen LogP contribution in [0.15, 0.2) is 36.4 Å². The number of hydrogen-bond donors (Lipinski definition) is 2. The van der Waals surface area contributed by atoms with Crippen LogP contribution in [0.25, 0.3) is 10.9 Å². The fourth-order valence-corrected chi connectivity index (χ4v) is 2.34. The third-order valence-corrected chi connectivity index (χ3v) is 3.47. The first-order valence-corrected chi connectivity index (χ1v) is 7.07. The maximum atomic E-state index is 14.0. The first-order valence-electron chi connectivity index (χ1n) is 7.07. The van der Waals surface area contributed by atoms with Gasteiger partial charge >= 0.3 is 0 Å². The molecular formula is C17H16FN3O3. The largest absolute Gasteiger partial charge is 0.493 e. The number of ether oxygens (including phenoxy) is 3. The van der Waals surface area contributed by atoms with Crippen molar-refractivity contribution in [3.8, 4) is 23.0 Å². The van der Waals surface area contributed by atoms with E-state index in [1.807, 2.05) is 0 Å². The van der Waals surface area contributed by atoms with Gasteiger partial charge in [-0.1, -0.05) is 0 Å². The minimum absolute atomic E-state index is 0.0332. The minimum Gasteiger partial charge on any atom is -0.493 e. The summed E-state index contributed by atoms with van der Waals surface area (Å²) in [6.07, 6.45) is 0. The van der Waals surface area contributed by atoms with Gasteiger partial charge in [0.2, 0.25) is 0 Å². The van der Waals surface area contributed by atoms with Crippen LogP contribution in [0.1, 0.15) is 0 Å². The summed E-state index contributed by atoms with van der Waals surface area (Å²) in [5, 5.41) is 0.609. The number of methoxy groups -OCH3 is 2. The minimum atomic E-state index is -0.570. The van der Waals surface area contributed by atoms with Crippen LogP contribution in [-0.2, 0) is 0 Å². The molecule has 0 aliphatic rings. The molecule has 0 atom stereocenters. The van der Waals surface area contributed by atoms with Crippen LogP contribution in [0.3, 0.4) is 0 Å². The highest BCUT2D eigenvalue weighted by molar-refractivity contribution is 5.90. The Morgan fingerprint density at radius 3 is 2.25 bits per heavy atom. The molecule has 3 aromatic rings. The lowest BCUT2D eigenvalue weighted by atomic mass is 10.1. The van der Waals surface area contributed by atoms with Crippen LogP contribution in [-0.4, -0.2) is 19.2 Å². The number of pyridine rings is 1. The van der Waals surface area contributed by atoms with E-state index in [1.54, 1.807) is 18.2 Å². The standard InChI is InChI=1S/C17H16FN3O3/c1-22-15-6-10-12(7-16(15)23-2)21-17(20)8-14(10)24-13-4-3-9(19)5-11(13)18/h3-8H,19H2,1-2H3,(H2,20,21).